The predicted octanol–water partition coefficient (Wildman–Crippen LogP) is 3.96. The Kier molecular flexibility index (Phi) is 5.57. The molecule has 2 N–H and O–H groups in total. The highest BCUT2D eigenvalue weighted by atomic mass is 16.3. The number of nitrogens with zero attached hydrogens (tertiary/aromatic N) is 1. The van der Waals surface area contributed by atoms with Gasteiger partial charge in [0, 0.05) is 24.0 Å². The second-order valence-corrected chi connectivity index (χ2v) is 6.93. The lowest BCUT2D eigenvalue weighted by Crippen LogP contribution is -2.34. The molecule has 4 aromatic rings. The van der Waals surface area contributed by atoms with Crippen LogP contribution in [0.15, 0.2) is 77.4 Å². The smallest absolute Gasteiger partial charge is 0.287 e. The van der Waals surface area contributed by atoms with Crippen LogP contribution in [0.4, 0.5) is 0 Å². The van der Waals surface area contributed by atoms with Crippen molar-refractivity contribution in [3.63, 3.8) is 0 Å². The van der Waals surface area contributed by atoms with Crippen LogP contribution in [0.2, 0.25) is 0 Å². The Balaban J connectivity index is 1.51. The molecular formula is C24H21N3O3. The summed E-state index contributed by atoms with van der Waals surface area (Å²) < 4.78 is 5.05. The fourth-order valence-corrected chi connectivity index (χ4v) is 3.18. The Morgan fingerprint density at radius 2 is 1.63 bits per heavy atom. The second-order valence-electron chi connectivity index (χ2n) is 6.93. The third-order valence-corrected chi connectivity index (χ3v) is 4.75. The number of nitrogens with one attached hydrogen (secondary N) is 2. The Morgan fingerprint density at radius 1 is 0.900 bits per heavy atom. The first kappa shape index (κ1) is 19.4. The van der Waals surface area contributed by atoms with E-state index in [1.54, 1.807) is 12.1 Å². The minimum absolute atomic E-state index is 0.214. The van der Waals surface area contributed by atoms with Crippen LogP contribution in [-0.4, -0.2) is 29.9 Å². The van der Waals surface area contributed by atoms with Crippen LogP contribution in [0, 0.1) is 6.92 Å². The highest BCUT2D eigenvalue weighted by molar-refractivity contribution is 6.07. The Hall–Kier alpha value is -3.93. The van der Waals surface area contributed by atoms with Gasteiger partial charge in [0.1, 0.15) is 0 Å². The summed E-state index contributed by atoms with van der Waals surface area (Å²) in [4.78, 5) is 29.5. The molecule has 2 heterocycles. The van der Waals surface area contributed by atoms with E-state index in [0.29, 0.717) is 18.7 Å². The molecule has 6 heteroatoms. The number of amides is 2. The van der Waals surface area contributed by atoms with Crippen molar-refractivity contribution in [3.05, 3.63) is 89.9 Å². The van der Waals surface area contributed by atoms with Gasteiger partial charge in [-0.05, 0) is 31.2 Å². The van der Waals surface area contributed by atoms with Gasteiger partial charge < -0.3 is 15.1 Å². The third-order valence-electron chi connectivity index (χ3n) is 4.75. The van der Waals surface area contributed by atoms with Crippen LogP contribution in [-0.2, 0) is 0 Å². The predicted molar refractivity (Wildman–Crippen MR) is 115 cm³/mol. The molecule has 2 aromatic carbocycles. The van der Waals surface area contributed by atoms with Gasteiger partial charge in [-0.25, -0.2) is 4.98 Å². The largest absolute Gasteiger partial charge is 0.459 e. The van der Waals surface area contributed by atoms with Crippen LogP contribution in [0.5, 0.6) is 0 Å². The summed E-state index contributed by atoms with van der Waals surface area (Å²) in [6.45, 7) is 2.61. The SMILES string of the molecule is Cc1ccc(-c2cc(C(=O)NCCNC(=O)c3ccco3)c3ccccc3n2)cc1. The molecule has 30 heavy (non-hydrogen) atoms. The highest BCUT2D eigenvalue weighted by Gasteiger charge is 2.14. The molecule has 0 saturated carbocycles. The van der Waals surface area contributed by atoms with E-state index in [9.17, 15) is 9.59 Å². The maximum absolute atomic E-state index is 12.9. The van der Waals surface area contributed by atoms with Crippen LogP contribution >= 0.6 is 0 Å². The fourth-order valence-electron chi connectivity index (χ4n) is 3.18. The van der Waals surface area contributed by atoms with E-state index < -0.39 is 0 Å². The topological polar surface area (TPSA) is 84.2 Å². The third kappa shape index (κ3) is 4.22. The number of hydrogen-bond donors (Lipinski definition) is 2. The molecule has 2 aromatic heterocycles. The molecule has 0 spiro atoms. The van der Waals surface area contributed by atoms with Gasteiger partial charge in [-0.3, -0.25) is 9.59 Å². The minimum Gasteiger partial charge on any atom is -0.459 e. The monoisotopic (exact) mass is 399 g/mol. The maximum atomic E-state index is 12.9. The summed E-state index contributed by atoms with van der Waals surface area (Å²) in [5.74, 6) is -0.288. The molecule has 0 aliphatic heterocycles. The van der Waals surface area contributed by atoms with Gasteiger partial charge in [-0.1, -0.05) is 48.0 Å². The molecule has 0 radical (unpaired) electrons. The van der Waals surface area contributed by atoms with E-state index in [0.717, 1.165) is 27.7 Å². The summed E-state index contributed by atoms with van der Waals surface area (Å²) in [6.07, 6.45) is 1.44. The molecule has 0 unspecified atom stereocenters. The van der Waals surface area contributed by atoms with Crippen molar-refractivity contribution >= 4 is 22.7 Å². The van der Waals surface area contributed by atoms with Crippen molar-refractivity contribution in [1.29, 1.82) is 0 Å². The molecular weight excluding hydrogens is 378 g/mol. The summed E-state index contributed by atoms with van der Waals surface area (Å²) in [6, 6.07) is 20.7. The van der Waals surface area contributed by atoms with Gasteiger partial charge in [0.05, 0.1) is 23.0 Å². The van der Waals surface area contributed by atoms with Gasteiger partial charge in [-0.15, -0.1) is 0 Å². The van der Waals surface area contributed by atoms with Gasteiger partial charge >= 0.3 is 0 Å². The van der Waals surface area contributed by atoms with Gasteiger partial charge in [0.2, 0.25) is 0 Å². The van der Waals surface area contributed by atoms with Gasteiger partial charge in [0.15, 0.2) is 5.76 Å². The molecule has 0 saturated heterocycles. The zero-order valence-electron chi connectivity index (χ0n) is 16.5. The van der Waals surface area contributed by atoms with Gasteiger partial charge in [0.25, 0.3) is 11.8 Å². The Morgan fingerprint density at radius 3 is 2.37 bits per heavy atom. The number of aromatic nitrogens is 1. The average Bonchev–Trinajstić information content (AvgIpc) is 3.31. The number of carbonyl (C=O) groups is 2. The van der Waals surface area contributed by atoms with E-state index in [1.165, 1.54) is 6.26 Å². The lowest BCUT2D eigenvalue weighted by Gasteiger charge is -2.11. The average molecular weight is 399 g/mol. The van der Waals surface area contributed by atoms with Crippen molar-refractivity contribution < 1.29 is 14.0 Å². The molecule has 6 nitrogen and oxygen atoms in total. The number of aryl methyl sites for hydroxylation is 1. The molecule has 0 aliphatic rings. The number of carbonyl (C=O) groups excluding carboxylic acids is 2. The molecule has 0 bridgehead atoms. The van der Waals surface area contributed by atoms with Crippen molar-refractivity contribution in [3.8, 4) is 11.3 Å². The lowest BCUT2D eigenvalue weighted by molar-refractivity contribution is 0.0911. The lowest BCUT2D eigenvalue weighted by atomic mass is 10.0. The molecule has 4 rings (SSSR count). The van der Waals surface area contributed by atoms with E-state index in [2.05, 4.69) is 10.6 Å². The number of rotatable bonds is 6. The van der Waals surface area contributed by atoms with E-state index >= 15 is 0 Å². The molecule has 2 amide bonds. The molecule has 0 atom stereocenters. The number of furan rings is 1. The summed E-state index contributed by atoms with van der Waals surface area (Å²) in [5, 5.41) is 6.36. The van der Waals surface area contributed by atoms with Crippen LogP contribution in [0.3, 0.4) is 0 Å². The molecule has 0 aliphatic carbocycles. The first-order valence-corrected chi connectivity index (χ1v) is 9.68. The van der Waals surface area contributed by atoms with Crippen molar-refractivity contribution in [1.82, 2.24) is 15.6 Å². The van der Waals surface area contributed by atoms with Crippen LogP contribution in [0.25, 0.3) is 22.2 Å². The normalized spacial score (nSPS) is 10.7. The number of pyridine rings is 1. The van der Waals surface area contributed by atoms with E-state index in [4.69, 9.17) is 9.40 Å². The molecule has 150 valence electrons. The quantitative estimate of drug-likeness (QED) is 0.481. The maximum Gasteiger partial charge on any atom is 0.287 e. The number of para-hydroxylation sites is 1. The van der Waals surface area contributed by atoms with Crippen LogP contribution < -0.4 is 10.6 Å². The molecule has 0 fully saturated rings. The van der Waals surface area contributed by atoms with Gasteiger partial charge in [-0.2, -0.15) is 0 Å². The highest BCUT2D eigenvalue weighted by Crippen LogP contribution is 2.25. The number of hydrogen-bond acceptors (Lipinski definition) is 4. The van der Waals surface area contributed by atoms with Crippen LogP contribution in [0.1, 0.15) is 26.5 Å². The zero-order chi connectivity index (χ0) is 20.9. The Labute approximate surface area is 173 Å². The van der Waals surface area contributed by atoms with Crippen molar-refractivity contribution in [2.24, 2.45) is 0 Å². The number of benzene rings is 2. The minimum atomic E-state index is -0.315. The standard InChI is InChI=1S/C24H21N3O3/c1-16-8-10-17(11-9-16)21-15-19(18-5-2-3-6-20(18)27-21)23(28)25-12-13-26-24(29)22-7-4-14-30-22/h2-11,14-15H,12-13H2,1H3,(H,25,28)(H,26,29). The first-order valence-electron chi connectivity index (χ1n) is 9.68. The van der Waals surface area contributed by atoms with Crippen molar-refractivity contribution in [2.75, 3.05) is 13.1 Å². The number of fused-ring (bicyclic) bond motifs is 1. The van der Waals surface area contributed by atoms with E-state index in [1.807, 2.05) is 61.5 Å². The Bertz CT molecular complexity index is 1180. The summed E-state index contributed by atoms with van der Waals surface area (Å²) >= 11 is 0. The first-order chi connectivity index (χ1) is 14.6. The summed E-state index contributed by atoms with van der Waals surface area (Å²) in [5.41, 5.74) is 4.16. The fraction of sp³-hybridized carbons (Fsp3) is 0.125. The van der Waals surface area contributed by atoms with E-state index in [-0.39, 0.29) is 17.6 Å². The zero-order valence-corrected chi connectivity index (χ0v) is 16.5. The van der Waals surface area contributed by atoms with Crippen molar-refractivity contribution in [2.45, 2.75) is 6.92 Å². The second kappa shape index (κ2) is 8.61. The summed E-state index contributed by atoms with van der Waals surface area (Å²) in [7, 11) is 0.